The van der Waals surface area contributed by atoms with Crippen molar-refractivity contribution in [1.29, 1.82) is 0 Å². The summed E-state index contributed by atoms with van der Waals surface area (Å²) >= 11 is 0. The van der Waals surface area contributed by atoms with Crippen LogP contribution in [0, 0.1) is 0 Å². The highest BCUT2D eigenvalue weighted by atomic mass is 16.6. The van der Waals surface area contributed by atoms with Crippen molar-refractivity contribution in [3.05, 3.63) is 23.8 Å². The van der Waals surface area contributed by atoms with Gasteiger partial charge in [-0.25, -0.2) is 4.79 Å². The van der Waals surface area contributed by atoms with Crippen LogP contribution in [0.25, 0.3) is 0 Å². The second-order valence-corrected chi connectivity index (χ2v) is 4.07. The third kappa shape index (κ3) is 3.36. The number of aliphatic hydroxyl groups is 1. The number of ether oxygens (including phenoxy) is 3. The summed E-state index contributed by atoms with van der Waals surface area (Å²) in [6.07, 6.45) is -0.670. The molecule has 0 aromatic heterocycles. The molecule has 6 nitrogen and oxygen atoms in total. The van der Waals surface area contributed by atoms with Crippen molar-refractivity contribution >= 4 is 5.97 Å². The number of aliphatic hydroxyl groups excluding tert-OH is 1. The normalized spacial score (nSPS) is 15.0. The molecule has 0 amide bonds. The van der Waals surface area contributed by atoms with Gasteiger partial charge in [0.15, 0.2) is 17.6 Å². The van der Waals surface area contributed by atoms with Crippen molar-refractivity contribution < 1.29 is 29.2 Å². The van der Waals surface area contributed by atoms with Gasteiger partial charge in [0.1, 0.15) is 13.2 Å². The topological polar surface area (TPSA) is 85.2 Å². The van der Waals surface area contributed by atoms with Crippen LogP contribution in [0.4, 0.5) is 0 Å². The fraction of sp³-hybridized carbons (Fsp3) is 0.462. The van der Waals surface area contributed by atoms with E-state index in [1.165, 1.54) is 0 Å². The number of hydrogen-bond donors (Lipinski definition) is 2. The molecule has 0 saturated carbocycles. The van der Waals surface area contributed by atoms with E-state index in [0.29, 0.717) is 36.7 Å². The average molecular weight is 268 g/mol. The number of hydrogen-bond acceptors (Lipinski definition) is 5. The molecule has 0 bridgehead atoms. The number of aliphatic carboxylic acids is 1. The van der Waals surface area contributed by atoms with Crippen LogP contribution in [0.2, 0.25) is 0 Å². The van der Waals surface area contributed by atoms with E-state index in [9.17, 15) is 9.90 Å². The zero-order valence-corrected chi connectivity index (χ0v) is 10.4. The maximum Gasteiger partial charge on any atom is 0.337 e. The van der Waals surface area contributed by atoms with Crippen LogP contribution >= 0.6 is 0 Å². The summed E-state index contributed by atoms with van der Waals surface area (Å²) in [6.45, 7) is 1.08. The summed E-state index contributed by atoms with van der Waals surface area (Å²) in [5, 5.41) is 17.9. The predicted molar refractivity (Wildman–Crippen MR) is 65.5 cm³/mol. The van der Waals surface area contributed by atoms with Crippen LogP contribution in [0.5, 0.6) is 11.5 Å². The van der Waals surface area contributed by atoms with Crippen molar-refractivity contribution in [3.8, 4) is 11.5 Å². The molecule has 1 heterocycles. The average Bonchev–Trinajstić information content (AvgIpc) is 2.43. The predicted octanol–water partition coefficient (Wildman–Crippen LogP) is 0.982. The molecule has 1 aromatic carbocycles. The van der Waals surface area contributed by atoms with Crippen molar-refractivity contribution in [2.24, 2.45) is 0 Å². The number of benzene rings is 1. The summed E-state index contributed by atoms with van der Waals surface area (Å²) in [6, 6.07) is 4.94. The van der Waals surface area contributed by atoms with Gasteiger partial charge in [-0.3, -0.25) is 0 Å². The lowest BCUT2D eigenvalue weighted by atomic mass is 10.1. The zero-order chi connectivity index (χ0) is 13.7. The molecule has 2 rings (SSSR count). The minimum atomic E-state index is -1.07. The third-order valence-electron chi connectivity index (χ3n) is 2.68. The quantitative estimate of drug-likeness (QED) is 0.748. The van der Waals surface area contributed by atoms with Gasteiger partial charge in [0.05, 0.1) is 6.61 Å². The molecule has 0 spiro atoms. The molecule has 1 aliphatic rings. The van der Waals surface area contributed by atoms with Gasteiger partial charge in [-0.15, -0.1) is 0 Å². The maximum absolute atomic E-state index is 11.2. The minimum absolute atomic E-state index is 0.0342. The van der Waals surface area contributed by atoms with Gasteiger partial charge in [-0.05, 0) is 24.1 Å². The standard InChI is InChI=1S/C13H16O6/c14-4-1-5-19-12(13(15)16)9-2-3-10-11(8-9)18-7-6-17-10/h2-3,8,12,14H,1,4-7H2,(H,15,16). The highest BCUT2D eigenvalue weighted by Gasteiger charge is 2.23. The van der Waals surface area contributed by atoms with Crippen molar-refractivity contribution in [2.75, 3.05) is 26.4 Å². The molecular weight excluding hydrogens is 252 g/mol. The molecule has 2 N–H and O–H groups in total. The lowest BCUT2D eigenvalue weighted by Gasteiger charge is -2.20. The van der Waals surface area contributed by atoms with Gasteiger partial charge in [0.25, 0.3) is 0 Å². The fourth-order valence-electron chi connectivity index (χ4n) is 1.80. The Bertz CT molecular complexity index is 445. The maximum atomic E-state index is 11.2. The van der Waals surface area contributed by atoms with E-state index in [1.807, 2.05) is 0 Å². The summed E-state index contributed by atoms with van der Waals surface area (Å²) in [5.41, 5.74) is 0.495. The van der Waals surface area contributed by atoms with Gasteiger partial charge in [-0.2, -0.15) is 0 Å². The van der Waals surface area contributed by atoms with Crippen LogP contribution in [-0.2, 0) is 9.53 Å². The van der Waals surface area contributed by atoms with Crippen LogP contribution in [-0.4, -0.2) is 42.6 Å². The molecular formula is C13H16O6. The molecule has 0 radical (unpaired) electrons. The second kappa shape index (κ2) is 6.40. The molecule has 1 aliphatic heterocycles. The van der Waals surface area contributed by atoms with Gasteiger partial charge in [-0.1, -0.05) is 6.07 Å². The van der Waals surface area contributed by atoms with Gasteiger partial charge < -0.3 is 24.4 Å². The van der Waals surface area contributed by atoms with Crippen molar-refractivity contribution in [2.45, 2.75) is 12.5 Å². The van der Waals surface area contributed by atoms with Crippen LogP contribution in [0.3, 0.4) is 0 Å². The number of carbonyl (C=O) groups is 1. The Balaban J connectivity index is 2.14. The summed E-state index contributed by atoms with van der Waals surface area (Å²) in [5.74, 6) is 0.0601. The monoisotopic (exact) mass is 268 g/mol. The highest BCUT2D eigenvalue weighted by Crippen LogP contribution is 2.33. The number of fused-ring (bicyclic) bond motifs is 1. The Morgan fingerprint density at radius 3 is 2.74 bits per heavy atom. The first kappa shape index (κ1) is 13.6. The SMILES string of the molecule is O=C(O)C(OCCCO)c1ccc2c(c1)OCCO2. The molecule has 1 atom stereocenters. The van der Waals surface area contributed by atoms with E-state index in [4.69, 9.17) is 19.3 Å². The van der Waals surface area contributed by atoms with Crippen LogP contribution < -0.4 is 9.47 Å². The molecule has 104 valence electrons. The Labute approximate surface area is 110 Å². The van der Waals surface area contributed by atoms with E-state index in [0.717, 1.165) is 0 Å². The highest BCUT2D eigenvalue weighted by molar-refractivity contribution is 5.74. The summed E-state index contributed by atoms with van der Waals surface area (Å²) in [4.78, 5) is 11.2. The molecule has 0 saturated heterocycles. The Hall–Kier alpha value is -1.79. The zero-order valence-electron chi connectivity index (χ0n) is 10.4. The lowest BCUT2D eigenvalue weighted by molar-refractivity contribution is -0.151. The first-order valence-electron chi connectivity index (χ1n) is 6.07. The van der Waals surface area contributed by atoms with Crippen LogP contribution in [0.15, 0.2) is 18.2 Å². The molecule has 19 heavy (non-hydrogen) atoms. The third-order valence-corrected chi connectivity index (χ3v) is 2.68. The second-order valence-electron chi connectivity index (χ2n) is 4.07. The van der Waals surface area contributed by atoms with Gasteiger partial charge in [0, 0.05) is 6.61 Å². The van der Waals surface area contributed by atoms with Gasteiger partial charge in [0.2, 0.25) is 0 Å². The summed E-state index contributed by atoms with van der Waals surface area (Å²) in [7, 11) is 0. The van der Waals surface area contributed by atoms with Crippen LogP contribution in [0.1, 0.15) is 18.1 Å². The Morgan fingerprint density at radius 2 is 2.05 bits per heavy atom. The molecule has 1 aromatic rings. The van der Waals surface area contributed by atoms with E-state index >= 15 is 0 Å². The first-order valence-corrected chi connectivity index (χ1v) is 6.07. The largest absolute Gasteiger partial charge is 0.486 e. The first-order chi connectivity index (χ1) is 9.22. The summed E-state index contributed by atoms with van der Waals surface area (Å²) < 4.78 is 16.0. The number of rotatable bonds is 6. The van der Waals surface area contributed by atoms with E-state index in [2.05, 4.69) is 0 Å². The van der Waals surface area contributed by atoms with Crippen molar-refractivity contribution in [3.63, 3.8) is 0 Å². The van der Waals surface area contributed by atoms with Crippen molar-refractivity contribution in [1.82, 2.24) is 0 Å². The Kier molecular flexibility index (Phi) is 4.59. The lowest BCUT2D eigenvalue weighted by Crippen LogP contribution is -2.18. The molecule has 6 heteroatoms. The molecule has 1 unspecified atom stereocenters. The van der Waals surface area contributed by atoms with Gasteiger partial charge >= 0.3 is 5.97 Å². The Morgan fingerprint density at radius 1 is 1.32 bits per heavy atom. The molecule has 0 aliphatic carbocycles. The number of carboxylic acid groups (broad SMARTS) is 1. The smallest absolute Gasteiger partial charge is 0.337 e. The van der Waals surface area contributed by atoms with E-state index in [1.54, 1.807) is 18.2 Å². The van der Waals surface area contributed by atoms with E-state index < -0.39 is 12.1 Å². The fourth-order valence-corrected chi connectivity index (χ4v) is 1.80. The minimum Gasteiger partial charge on any atom is -0.486 e. The molecule has 0 fully saturated rings. The number of carboxylic acids is 1. The van der Waals surface area contributed by atoms with E-state index in [-0.39, 0.29) is 13.2 Å².